The Morgan fingerprint density at radius 2 is 2.11 bits per heavy atom. The number of esters is 1. The molecule has 1 heterocycles. The third-order valence-electron chi connectivity index (χ3n) is 2.38. The largest absolute Gasteiger partial charge is 0.469 e. The minimum atomic E-state index is -4.56. The Labute approximate surface area is 107 Å². The molecule has 1 aliphatic rings. The van der Waals surface area contributed by atoms with Crippen molar-refractivity contribution in [2.24, 2.45) is 0 Å². The highest BCUT2D eigenvalue weighted by Crippen LogP contribution is 2.16. The van der Waals surface area contributed by atoms with Crippen molar-refractivity contribution in [3.63, 3.8) is 0 Å². The van der Waals surface area contributed by atoms with Crippen LogP contribution in [0.3, 0.4) is 0 Å². The highest BCUT2D eigenvalue weighted by Gasteiger charge is 2.32. The maximum absolute atomic E-state index is 11.9. The zero-order chi connectivity index (χ0) is 14.5. The van der Waals surface area contributed by atoms with Gasteiger partial charge < -0.3 is 19.1 Å². The van der Waals surface area contributed by atoms with E-state index >= 15 is 0 Å². The molecule has 0 spiro atoms. The topological polar surface area (TPSA) is 65.1 Å². The lowest BCUT2D eigenvalue weighted by Gasteiger charge is -2.31. The fraction of sp³-hybridized carbons (Fsp3) is 0.800. The molecule has 0 saturated carbocycles. The van der Waals surface area contributed by atoms with Crippen molar-refractivity contribution in [3.8, 4) is 0 Å². The van der Waals surface area contributed by atoms with E-state index in [2.05, 4.69) is 9.47 Å². The molecule has 1 aliphatic heterocycles. The van der Waals surface area contributed by atoms with E-state index in [1.54, 1.807) is 0 Å². The van der Waals surface area contributed by atoms with Crippen LogP contribution in [0.2, 0.25) is 0 Å². The van der Waals surface area contributed by atoms with Gasteiger partial charge in [0.15, 0.2) is 6.61 Å². The smallest absolute Gasteiger partial charge is 0.422 e. The van der Waals surface area contributed by atoms with Crippen molar-refractivity contribution in [1.29, 1.82) is 0 Å². The quantitative estimate of drug-likeness (QED) is 0.722. The first kappa shape index (κ1) is 15.5. The summed E-state index contributed by atoms with van der Waals surface area (Å²) in [4.78, 5) is 23.5. The second-order valence-electron chi connectivity index (χ2n) is 3.89. The van der Waals surface area contributed by atoms with Gasteiger partial charge in [0.2, 0.25) is 0 Å². The summed E-state index contributed by atoms with van der Waals surface area (Å²) in [7, 11) is 1.21. The summed E-state index contributed by atoms with van der Waals surface area (Å²) in [6, 6.07) is 0. The Bertz CT molecular complexity index is 334. The zero-order valence-electron chi connectivity index (χ0n) is 10.2. The van der Waals surface area contributed by atoms with Crippen molar-refractivity contribution in [2.75, 3.05) is 33.4 Å². The molecule has 19 heavy (non-hydrogen) atoms. The molecule has 0 radical (unpaired) electrons. The number of carbonyl (C=O) groups excluding carboxylic acids is 2. The number of nitrogens with zero attached hydrogens (tertiary/aromatic N) is 1. The van der Waals surface area contributed by atoms with Crippen LogP contribution in [0, 0.1) is 0 Å². The van der Waals surface area contributed by atoms with E-state index in [-0.39, 0.29) is 26.1 Å². The highest BCUT2D eigenvalue weighted by molar-refractivity contribution is 5.70. The third kappa shape index (κ3) is 5.77. The van der Waals surface area contributed by atoms with Crippen LogP contribution in [0.1, 0.15) is 6.42 Å². The van der Waals surface area contributed by atoms with Gasteiger partial charge in [-0.2, -0.15) is 13.2 Å². The van der Waals surface area contributed by atoms with Crippen molar-refractivity contribution in [3.05, 3.63) is 0 Å². The molecule has 1 unspecified atom stereocenters. The van der Waals surface area contributed by atoms with E-state index in [0.29, 0.717) is 0 Å². The number of halogens is 3. The number of hydrogen-bond acceptors (Lipinski definition) is 5. The molecule has 1 rings (SSSR count). The summed E-state index contributed by atoms with van der Waals surface area (Å²) in [6.45, 7) is -1.40. The van der Waals surface area contributed by atoms with Crippen LogP contribution < -0.4 is 0 Å². The molecule has 0 aliphatic carbocycles. The Balaban J connectivity index is 2.41. The molecule has 1 fully saturated rings. The lowest BCUT2D eigenvalue weighted by atomic mass is 10.2. The molecule has 6 nitrogen and oxygen atoms in total. The number of alkyl halides is 3. The van der Waals surface area contributed by atoms with Crippen molar-refractivity contribution >= 4 is 12.1 Å². The van der Waals surface area contributed by atoms with Gasteiger partial charge >= 0.3 is 18.2 Å². The molecule has 0 bridgehead atoms. The van der Waals surface area contributed by atoms with Crippen molar-refractivity contribution < 1.29 is 37.0 Å². The van der Waals surface area contributed by atoms with Crippen LogP contribution in [0.5, 0.6) is 0 Å². The first-order chi connectivity index (χ1) is 8.81. The van der Waals surface area contributed by atoms with Gasteiger partial charge in [0, 0.05) is 6.54 Å². The summed E-state index contributed by atoms with van der Waals surface area (Å²) >= 11 is 0. The van der Waals surface area contributed by atoms with E-state index in [0.717, 1.165) is 4.90 Å². The zero-order valence-corrected chi connectivity index (χ0v) is 10.2. The SMILES string of the molecule is COC(=O)CC1CN(C(=O)OCC(F)(F)F)CCO1. The van der Waals surface area contributed by atoms with Crippen LogP contribution in [0.4, 0.5) is 18.0 Å². The average Bonchev–Trinajstić information content (AvgIpc) is 2.35. The molecular formula is C10H14F3NO5. The van der Waals surface area contributed by atoms with Crippen LogP contribution >= 0.6 is 0 Å². The van der Waals surface area contributed by atoms with Crippen LogP contribution in [0.25, 0.3) is 0 Å². The van der Waals surface area contributed by atoms with Gasteiger partial charge in [-0.15, -0.1) is 0 Å². The first-order valence-electron chi connectivity index (χ1n) is 5.48. The molecule has 0 N–H and O–H groups in total. The second kappa shape index (κ2) is 6.60. The molecule has 0 aromatic heterocycles. The number of rotatable bonds is 3. The summed E-state index contributed by atoms with van der Waals surface area (Å²) in [5, 5.41) is 0. The summed E-state index contributed by atoms with van der Waals surface area (Å²) in [5.74, 6) is -0.518. The molecule has 1 saturated heterocycles. The Morgan fingerprint density at radius 3 is 2.68 bits per heavy atom. The van der Waals surface area contributed by atoms with Gasteiger partial charge in [0.1, 0.15) is 0 Å². The van der Waals surface area contributed by atoms with Gasteiger partial charge in [0.05, 0.1) is 32.8 Å². The Kier molecular flexibility index (Phi) is 5.40. The molecule has 1 atom stereocenters. The lowest BCUT2D eigenvalue weighted by Crippen LogP contribution is -2.47. The number of amides is 1. The van der Waals surface area contributed by atoms with Crippen molar-refractivity contribution in [2.45, 2.75) is 18.7 Å². The van der Waals surface area contributed by atoms with E-state index < -0.39 is 30.9 Å². The summed E-state index contributed by atoms with van der Waals surface area (Å²) in [6.07, 6.45) is -6.30. The first-order valence-corrected chi connectivity index (χ1v) is 5.48. The minimum absolute atomic E-state index is 0.00814. The van der Waals surface area contributed by atoms with E-state index in [4.69, 9.17) is 4.74 Å². The Hall–Kier alpha value is -1.51. The standard InChI is InChI=1S/C10H14F3NO5/c1-17-8(15)4-7-5-14(2-3-18-7)9(16)19-6-10(11,12)13/h7H,2-6H2,1H3. The molecular weight excluding hydrogens is 271 g/mol. The van der Waals surface area contributed by atoms with Gasteiger partial charge in [-0.25, -0.2) is 4.79 Å². The molecule has 9 heteroatoms. The maximum Gasteiger partial charge on any atom is 0.422 e. The fourth-order valence-corrected chi connectivity index (χ4v) is 1.51. The number of ether oxygens (including phenoxy) is 3. The fourth-order valence-electron chi connectivity index (χ4n) is 1.51. The number of hydrogen-bond donors (Lipinski definition) is 0. The molecule has 1 amide bonds. The van der Waals surface area contributed by atoms with Gasteiger partial charge in [-0.1, -0.05) is 0 Å². The summed E-state index contributed by atoms with van der Waals surface area (Å²) in [5.41, 5.74) is 0. The summed E-state index contributed by atoms with van der Waals surface area (Å²) < 4.78 is 49.4. The van der Waals surface area contributed by atoms with E-state index in [1.165, 1.54) is 7.11 Å². The van der Waals surface area contributed by atoms with Crippen LogP contribution in [-0.4, -0.2) is 62.7 Å². The minimum Gasteiger partial charge on any atom is -0.469 e. The number of methoxy groups -OCH3 is 1. The van der Waals surface area contributed by atoms with Gasteiger partial charge in [0.25, 0.3) is 0 Å². The lowest BCUT2D eigenvalue weighted by molar-refractivity contribution is -0.164. The van der Waals surface area contributed by atoms with Crippen molar-refractivity contribution in [1.82, 2.24) is 4.90 Å². The van der Waals surface area contributed by atoms with Crippen LogP contribution in [-0.2, 0) is 19.0 Å². The highest BCUT2D eigenvalue weighted by atomic mass is 19.4. The Morgan fingerprint density at radius 1 is 1.42 bits per heavy atom. The molecule has 110 valence electrons. The van der Waals surface area contributed by atoms with Gasteiger partial charge in [-0.05, 0) is 0 Å². The normalized spacial score (nSPS) is 20.0. The second-order valence-corrected chi connectivity index (χ2v) is 3.89. The molecule has 0 aromatic rings. The number of carbonyl (C=O) groups is 2. The third-order valence-corrected chi connectivity index (χ3v) is 2.38. The maximum atomic E-state index is 11.9. The monoisotopic (exact) mass is 285 g/mol. The molecule has 0 aromatic carbocycles. The average molecular weight is 285 g/mol. The van der Waals surface area contributed by atoms with E-state index in [1.807, 2.05) is 0 Å². The van der Waals surface area contributed by atoms with Crippen LogP contribution in [0.15, 0.2) is 0 Å². The predicted molar refractivity (Wildman–Crippen MR) is 55.3 cm³/mol. The van der Waals surface area contributed by atoms with Gasteiger partial charge in [-0.3, -0.25) is 4.79 Å². The number of morpholine rings is 1. The predicted octanol–water partition coefficient (Wildman–Crippen LogP) is 0.949. The van der Waals surface area contributed by atoms with E-state index in [9.17, 15) is 22.8 Å².